The Hall–Kier alpha value is -5.27. The molecule has 5 rings (SSSR count). The summed E-state index contributed by atoms with van der Waals surface area (Å²) in [5, 5.41) is 32.4. The number of carboxylic acid groups (broad SMARTS) is 1. The normalized spacial score (nSPS) is 16.5. The predicted octanol–water partition coefficient (Wildman–Crippen LogP) is 7.02. The maximum Gasteiger partial charge on any atom is 0.356 e. The van der Waals surface area contributed by atoms with Crippen molar-refractivity contribution in [1.82, 2.24) is 0 Å². The highest BCUT2D eigenvalue weighted by Crippen LogP contribution is 2.45. The Bertz CT molecular complexity index is 2200. The highest BCUT2D eigenvalue weighted by Gasteiger charge is 2.48. The summed E-state index contributed by atoms with van der Waals surface area (Å²) in [4.78, 5) is 65.1. The van der Waals surface area contributed by atoms with E-state index in [0.717, 1.165) is 25.0 Å². The van der Waals surface area contributed by atoms with Gasteiger partial charge in [0.25, 0.3) is 0 Å². The molecule has 3 aromatic rings. The highest BCUT2D eigenvalue weighted by molar-refractivity contribution is 9.10. The van der Waals surface area contributed by atoms with Crippen LogP contribution in [-0.2, 0) is 27.2 Å². The second-order valence-corrected chi connectivity index (χ2v) is 14.5. The second kappa shape index (κ2) is 14.9. The molecule has 3 aromatic carbocycles. The van der Waals surface area contributed by atoms with Crippen LogP contribution in [0.25, 0.3) is 0 Å². The first-order valence-corrected chi connectivity index (χ1v) is 17.9. The van der Waals surface area contributed by atoms with Gasteiger partial charge in [0, 0.05) is 6.08 Å². The molecule has 284 valence electrons. The molecule has 0 saturated heterocycles. The minimum absolute atomic E-state index is 0.0329. The summed E-state index contributed by atoms with van der Waals surface area (Å²) < 4.78 is 22.5. The van der Waals surface area contributed by atoms with Crippen molar-refractivity contribution in [1.29, 1.82) is 0 Å². The van der Waals surface area contributed by atoms with Crippen molar-refractivity contribution >= 4 is 45.6 Å². The number of carboxylic acids is 1. The molecule has 0 heterocycles. The standard InChI is InChI=1S/C41H41BrO12/c1-17-14-28(26-12-10-11-13-27(26)30(17)38(47)53-35-22(6)19(3)31(37(45)46)20(4)23(35)7)52-39(48)32-21(5)24(8)36(33(42)34(32)44)54-40(49)41(50)18(2)15-25(43)16-29(41)51-9/h14-16,44,50H,10-13H2,1-9H3,(H,45,46)/t41-/m1/s1. The number of benzene rings is 3. The van der Waals surface area contributed by atoms with Gasteiger partial charge in [-0.05, 0) is 165 Å². The molecule has 0 aromatic heterocycles. The summed E-state index contributed by atoms with van der Waals surface area (Å²) in [7, 11) is 1.19. The van der Waals surface area contributed by atoms with E-state index in [0.29, 0.717) is 63.1 Å². The van der Waals surface area contributed by atoms with Crippen molar-refractivity contribution in [3.05, 3.63) is 101 Å². The van der Waals surface area contributed by atoms with Gasteiger partial charge in [0.15, 0.2) is 11.5 Å². The van der Waals surface area contributed by atoms with Gasteiger partial charge in [-0.1, -0.05) is 0 Å². The van der Waals surface area contributed by atoms with Crippen molar-refractivity contribution in [2.24, 2.45) is 0 Å². The van der Waals surface area contributed by atoms with Crippen LogP contribution in [-0.4, -0.2) is 57.7 Å². The molecule has 0 bridgehead atoms. The van der Waals surface area contributed by atoms with Crippen LogP contribution >= 0.6 is 15.9 Å². The molecule has 0 aliphatic heterocycles. The maximum atomic E-state index is 13.9. The third-order valence-corrected chi connectivity index (χ3v) is 11.3. The van der Waals surface area contributed by atoms with Crippen LogP contribution in [0.4, 0.5) is 0 Å². The zero-order chi connectivity index (χ0) is 40.1. The predicted molar refractivity (Wildman–Crippen MR) is 200 cm³/mol. The number of halogens is 1. The number of aromatic carboxylic acids is 1. The van der Waals surface area contributed by atoms with Gasteiger partial charge in [0.2, 0.25) is 5.60 Å². The van der Waals surface area contributed by atoms with Crippen LogP contribution < -0.4 is 14.2 Å². The Morgan fingerprint density at radius 2 is 1.26 bits per heavy atom. The summed E-state index contributed by atoms with van der Waals surface area (Å²) in [6.07, 6.45) is 4.62. The van der Waals surface area contributed by atoms with E-state index in [9.17, 15) is 39.3 Å². The molecule has 54 heavy (non-hydrogen) atoms. The van der Waals surface area contributed by atoms with Crippen molar-refractivity contribution < 1.29 is 58.2 Å². The van der Waals surface area contributed by atoms with Crippen LogP contribution in [0.3, 0.4) is 0 Å². The van der Waals surface area contributed by atoms with Crippen molar-refractivity contribution in [3.63, 3.8) is 0 Å². The number of methoxy groups -OCH3 is 1. The Kier molecular flexibility index (Phi) is 11.0. The molecule has 0 fully saturated rings. The van der Waals surface area contributed by atoms with E-state index >= 15 is 0 Å². The number of phenolic OH excluding ortho intramolecular Hbond substituents is 1. The molecule has 0 radical (unpaired) electrons. The minimum Gasteiger partial charge on any atom is -0.506 e. The number of esters is 3. The summed E-state index contributed by atoms with van der Waals surface area (Å²) in [6.45, 7) is 12.9. The fraction of sp³-hybridized carbons (Fsp3) is 0.341. The van der Waals surface area contributed by atoms with Gasteiger partial charge in [0.05, 0.1) is 18.2 Å². The van der Waals surface area contributed by atoms with Gasteiger partial charge >= 0.3 is 23.9 Å². The third kappa shape index (κ3) is 6.59. The van der Waals surface area contributed by atoms with Gasteiger partial charge in [-0.15, -0.1) is 0 Å². The molecule has 2 aliphatic carbocycles. The van der Waals surface area contributed by atoms with Crippen LogP contribution in [0.1, 0.15) is 101 Å². The molecule has 0 saturated carbocycles. The van der Waals surface area contributed by atoms with Gasteiger partial charge in [-0.25, -0.2) is 19.2 Å². The largest absolute Gasteiger partial charge is 0.506 e. The van der Waals surface area contributed by atoms with E-state index in [2.05, 4.69) is 15.9 Å². The zero-order valence-corrected chi connectivity index (χ0v) is 33.0. The second-order valence-electron chi connectivity index (χ2n) is 13.7. The summed E-state index contributed by atoms with van der Waals surface area (Å²) in [5.74, 6) is -4.85. The molecule has 0 spiro atoms. The molecule has 12 nitrogen and oxygen atoms in total. The van der Waals surface area contributed by atoms with E-state index in [1.807, 2.05) is 0 Å². The lowest BCUT2D eigenvalue weighted by molar-refractivity contribution is -0.151. The number of allylic oxidation sites excluding steroid dienone is 2. The lowest BCUT2D eigenvalue weighted by Gasteiger charge is -2.30. The minimum atomic E-state index is -2.42. The Morgan fingerprint density at radius 3 is 1.83 bits per heavy atom. The van der Waals surface area contributed by atoms with Crippen LogP contribution in [0.5, 0.6) is 23.0 Å². The van der Waals surface area contributed by atoms with E-state index < -0.39 is 41.0 Å². The maximum absolute atomic E-state index is 13.9. The van der Waals surface area contributed by atoms with Crippen LogP contribution in [0.15, 0.2) is 34.0 Å². The number of hydrogen-bond donors (Lipinski definition) is 3. The number of rotatable bonds is 8. The number of ether oxygens (including phenoxy) is 4. The Labute approximate surface area is 320 Å². The summed E-state index contributed by atoms with van der Waals surface area (Å²) in [6, 6.07) is 1.58. The molecule has 2 aliphatic rings. The summed E-state index contributed by atoms with van der Waals surface area (Å²) >= 11 is 3.24. The van der Waals surface area contributed by atoms with Crippen molar-refractivity contribution in [2.45, 2.75) is 86.7 Å². The number of fused-ring (bicyclic) bond motifs is 1. The highest BCUT2D eigenvalue weighted by atomic mass is 79.9. The van der Waals surface area contributed by atoms with Gasteiger partial charge in [0.1, 0.15) is 33.0 Å². The van der Waals surface area contributed by atoms with Gasteiger partial charge in [-0.2, -0.15) is 0 Å². The molecule has 0 unspecified atom stereocenters. The van der Waals surface area contributed by atoms with E-state index in [-0.39, 0.29) is 49.6 Å². The average molecular weight is 806 g/mol. The number of aryl methyl sites for hydroxylation is 1. The molecule has 1 atom stereocenters. The Balaban J connectivity index is 1.48. The number of hydrogen-bond acceptors (Lipinski definition) is 11. The molecule has 13 heteroatoms. The van der Waals surface area contributed by atoms with Crippen molar-refractivity contribution in [2.75, 3.05) is 7.11 Å². The van der Waals surface area contributed by atoms with Crippen LogP contribution in [0.2, 0.25) is 0 Å². The first kappa shape index (κ1) is 39.9. The molecule has 0 amide bonds. The smallest absolute Gasteiger partial charge is 0.356 e. The number of carbonyl (C=O) groups excluding carboxylic acids is 4. The number of phenols is 1. The first-order chi connectivity index (χ1) is 25.3. The van der Waals surface area contributed by atoms with E-state index in [4.69, 9.17) is 18.9 Å². The van der Waals surface area contributed by atoms with Crippen LogP contribution in [0, 0.1) is 48.5 Å². The molecular formula is C41H41BrO12. The Morgan fingerprint density at radius 1 is 0.722 bits per heavy atom. The van der Waals surface area contributed by atoms with Crippen molar-refractivity contribution in [3.8, 4) is 23.0 Å². The quantitative estimate of drug-likeness (QED) is 0.156. The molecular weight excluding hydrogens is 764 g/mol. The zero-order valence-electron chi connectivity index (χ0n) is 31.5. The number of ketones is 1. The lowest BCUT2D eigenvalue weighted by atomic mass is 9.85. The fourth-order valence-electron chi connectivity index (χ4n) is 7.18. The monoisotopic (exact) mass is 804 g/mol. The average Bonchev–Trinajstić information content (AvgIpc) is 3.11. The molecule has 3 N–H and O–H groups in total. The fourth-order valence-corrected chi connectivity index (χ4v) is 7.76. The van der Waals surface area contributed by atoms with Gasteiger partial charge < -0.3 is 34.3 Å². The lowest BCUT2D eigenvalue weighted by Crippen LogP contribution is -2.47. The SMILES string of the molecule is COC1=CC(=O)C=C(C)[C@]1(O)C(=O)Oc1c(C)c(C)c(C(=O)Oc2cc(C)c(C(=O)Oc3c(C)c(C)c(C(=O)O)c(C)c3C)c3c2CCCC3)c(O)c1Br. The summed E-state index contributed by atoms with van der Waals surface area (Å²) in [5.41, 5.74) is 2.25. The topological polar surface area (TPSA) is 183 Å². The van der Waals surface area contributed by atoms with E-state index in [1.54, 1.807) is 47.6 Å². The van der Waals surface area contributed by atoms with Gasteiger partial charge in [-0.3, -0.25) is 4.79 Å². The number of aromatic hydroxyl groups is 1. The number of carbonyl (C=O) groups is 5. The van der Waals surface area contributed by atoms with E-state index in [1.165, 1.54) is 21.0 Å². The number of aliphatic hydroxyl groups is 1. The third-order valence-electron chi connectivity index (χ3n) is 10.6. The first-order valence-electron chi connectivity index (χ1n) is 17.2.